The predicted molar refractivity (Wildman–Crippen MR) is 97.1 cm³/mol. The van der Waals surface area contributed by atoms with Gasteiger partial charge in [-0.3, -0.25) is 10.2 Å². The van der Waals surface area contributed by atoms with Gasteiger partial charge in [-0.1, -0.05) is 42.1 Å². The van der Waals surface area contributed by atoms with Crippen LogP contribution in [0, 0.1) is 6.92 Å². The molecule has 2 amide bonds. The standard InChI is InChI=1S/C19H15N3OS/c1-13-7-6-12-18(20-13)21-19(23)22-14-8-2-4-10-16(14)24-17-11-5-3-9-15(17)22/h2-12H,1H3,(H,20,21,23). The quantitative estimate of drug-likeness (QED) is 0.663. The highest BCUT2D eigenvalue weighted by Gasteiger charge is 2.28. The summed E-state index contributed by atoms with van der Waals surface area (Å²) in [5, 5.41) is 2.90. The molecule has 1 aromatic heterocycles. The lowest BCUT2D eigenvalue weighted by atomic mass is 10.2. The molecule has 0 spiro atoms. The number of benzene rings is 2. The molecule has 0 atom stereocenters. The van der Waals surface area contributed by atoms with Gasteiger partial charge in [0.05, 0.1) is 11.4 Å². The number of fused-ring (bicyclic) bond motifs is 2. The van der Waals surface area contributed by atoms with Crippen LogP contribution >= 0.6 is 11.8 Å². The van der Waals surface area contributed by atoms with E-state index in [1.165, 1.54) is 0 Å². The molecule has 0 aliphatic carbocycles. The highest BCUT2D eigenvalue weighted by Crippen LogP contribution is 2.47. The summed E-state index contributed by atoms with van der Waals surface area (Å²) in [5.41, 5.74) is 2.63. The Labute approximate surface area is 144 Å². The molecule has 0 saturated heterocycles. The van der Waals surface area contributed by atoms with E-state index < -0.39 is 0 Å². The monoisotopic (exact) mass is 333 g/mol. The smallest absolute Gasteiger partial charge is 0.292 e. The maximum atomic E-state index is 13.0. The lowest BCUT2D eigenvalue weighted by molar-refractivity contribution is 0.258. The Kier molecular flexibility index (Phi) is 3.70. The van der Waals surface area contributed by atoms with E-state index in [-0.39, 0.29) is 6.03 Å². The lowest BCUT2D eigenvalue weighted by Gasteiger charge is -2.30. The van der Waals surface area contributed by atoms with Crippen molar-refractivity contribution in [3.05, 3.63) is 72.4 Å². The second kappa shape index (κ2) is 6.02. The van der Waals surface area contributed by atoms with Crippen LogP contribution in [-0.4, -0.2) is 11.0 Å². The third kappa shape index (κ3) is 2.63. The van der Waals surface area contributed by atoms with Gasteiger partial charge < -0.3 is 0 Å². The van der Waals surface area contributed by atoms with E-state index >= 15 is 0 Å². The maximum Gasteiger partial charge on any atom is 0.332 e. The van der Waals surface area contributed by atoms with Crippen LogP contribution in [0.15, 0.2) is 76.5 Å². The van der Waals surface area contributed by atoms with Crippen molar-refractivity contribution in [2.24, 2.45) is 0 Å². The summed E-state index contributed by atoms with van der Waals surface area (Å²) in [6, 6.07) is 21.2. The highest BCUT2D eigenvalue weighted by atomic mass is 32.2. The third-order valence-corrected chi connectivity index (χ3v) is 4.89. The minimum Gasteiger partial charge on any atom is -0.292 e. The highest BCUT2D eigenvalue weighted by molar-refractivity contribution is 7.99. The number of aryl methyl sites for hydroxylation is 1. The largest absolute Gasteiger partial charge is 0.332 e. The Morgan fingerprint density at radius 3 is 2.17 bits per heavy atom. The summed E-state index contributed by atoms with van der Waals surface area (Å²) < 4.78 is 0. The summed E-state index contributed by atoms with van der Waals surface area (Å²) >= 11 is 1.68. The van der Waals surface area contributed by atoms with Crippen molar-refractivity contribution in [1.82, 2.24) is 4.98 Å². The molecule has 5 heteroatoms. The number of carbonyl (C=O) groups excluding carboxylic acids is 1. The summed E-state index contributed by atoms with van der Waals surface area (Å²) in [6.45, 7) is 1.90. The average molecular weight is 333 g/mol. The first-order valence-corrected chi connectivity index (χ1v) is 8.45. The number of urea groups is 1. The molecule has 2 heterocycles. The number of hydrogen-bond donors (Lipinski definition) is 1. The van der Waals surface area contributed by atoms with E-state index in [0.717, 1.165) is 26.9 Å². The molecule has 3 aromatic rings. The van der Waals surface area contributed by atoms with E-state index in [9.17, 15) is 4.79 Å². The van der Waals surface area contributed by atoms with Crippen molar-refractivity contribution in [3.63, 3.8) is 0 Å². The van der Waals surface area contributed by atoms with E-state index in [4.69, 9.17) is 0 Å². The average Bonchev–Trinajstić information content (AvgIpc) is 2.59. The molecule has 0 radical (unpaired) electrons. The molecule has 0 saturated carbocycles. The Balaban J connectivity index is 1.75. The molecule has 0 bridgehead atoms. The van der Waals surface area contributed by atoms with Gasteiger partial charge in [-0.15, -0.1) is 0 Å². The summed E-state index contributed by atoms with van der Waals surface area (Å²) in [6.07, 6.45) is 0. The molecule has 118 valence electrons. The first kappa shape index (κ1) is 14.8. The Hall–Kier alpha value is -2.79. The van der Waals surface area contributed by atoms with Crippen molar-refractivity contribution in [2.45, 2.75) is 16.7 Å². The fourth-order valence-electron chi connectivity index (χ4n) is 2.70. The second-order valence-electron chi connectivity index (χ2n) is 5.47. The van der Waals surface area contributed by atoms with Crippen molar-refractivity contribution in [1.29, 1.82) is 0 Å². The van der Waals surface area contributed by atoms with Crippen LogP contribution < -0.4 is 10.2 Å². The summed E-state index contributed by atoms with van der Waals surface area (Å²) in [7, 11) is 0. The van der Waals surface area contributed by atoms with Crippen LogP contribution in [0.4, 0.5) is 22.0 Å². The van der Waals surface area contributed by atoms with Crippen molar-refractivity contribution in [3.8, 4) is 0 Å². The number of nitrogens with zero attached hydrogens (tertiary/aromatic N) is 2. The lowest BCUT2D eigenvalue weighted by Crippen LogP contribution is -2.33. The van der Waals surface area contributed by atoms with Crippen LogP contribution in [0.5, 0.6) is 0 Å². The Morgan fingerprint density at radius 1 is 0.917 bits per heavy atom. The fraction of sp³-hybridized carbons (Fsp3) is 0.0526. The minimum atomic E-state index is -0.215. The molecular weight excluding hydrogens is 318 g/mol. The zero-order chi connectivity index (χ0) is 16.5. The van der Waals surface area contributed by atoms with Crippen LogP contribution in [0.3, 0.4) is 0 Å². The minimum absolute atomic E-state index is 0.215. The first-order valence-electron chi connectivity index (χ1n) is 7.63. The van der Waals surface area contributed by atoms with Crippen LogP contribution in [0.2, 0.25) is 0 Å². The van der Waals surface area contributed by atoms with Crippen molar-refractivity contribution < 1.29 is 4.79 Å². The van der Waals surface area contributed by atoms with Crippen LogP contribution in [-0.2, 0) is 0 Å². The van der Waals surface area contributed by atoms with Gasteiger partial charge in [-0.05, 0) is 43.3 Å². The van der Waals surface area contributed by atoms with E-state index in [2.05, 4.69) is 10.3 Å². The van der Waals surface area contributed by atoms with Gasteiger partial charge in [0.25, 0.3) is 0 Å². The Bertz CT molecular complexity index is 880. The third-order valence-electron chi connectivity index (χ3n) is 3.76. The predicted octanol–water partition coefficient (Wildman–Crippen LogP) is 5.22. The van der Waals surface area contributed by atoms with Crippen LogP contribution in [0.1, 0.15) is 5.69 Å². The normalized spacial score (nSPS) is 12.3. The molecule has 2 aromatic carbocycles. The number of pyridine rings is 1. The van der Waals surface area contributed by atoms with Crippen LogP contribution in [0.25, 0.3) is 0 Å². The van der Waals surface area contributed by atoms with Gasteiger partial charge in [0.15, 0.2) is 0 Å². The number of para-hydroxylation sites is 2. The van der Waals surface area contributed by atoms with Gasteiger partial charge in [-0.25, -0.2) is 9.78 Å². The van der Waals surface area contributed by atoms with Crippen molar-refractivity contribution in [2.75, 3.05) is 10.2 Å². The van der Waals surface area contributed by atoms with Gasteiger partial charge in [0.2, 0.25) is 0 Å². The molecule has 1 aliphatic heterocycles. The Morgan fingerprint density at radius 2 is 1.54 bits per heavy atom. The molecule has 0 unspecified atom stereocenters. The number of anilines is 3. The second-order valence-corrected chi connectivity index (χ2v) is 6.55. The fourth-order valence-corrected chi connectivity index (χ4v) is 3.76. The molecule has 4 nitrogen and oxygen atoms in total. The molecule has 0 fully saturated rings. The molecule has 24 heavy (non-hydrogen) atoms. The van der Waals surface area contributed by atoms with Crippen molar-refractivity contribution >= 4 is 35.0 Å². The van der Waals surface area contributed by atoms with E-state index in [0.29, 0.717) is 5.82 Å². The molecule has 4 rings (SSSR count). The molecule has 1 aliphatic rings. The summed E-state index contributed by atoms with van der Waals surface area (Å²) in [4.78, 5) is 21.2. The number of hydrogen-bond acceptors (Lipinski definition) is 3. The topological polar surface area (TPSA) is 45.2 Å². The number of carbonyl (C=O) groups is 1. The molecular formula is C19H15N3OS. The number of rotatable bonds is 1. The van der Waals surface area contributed by atoms with E-state index in [1.54, 1.807) is 22.7 Å². The maximum absolute atomic E-state index is 13.0. The van der Waals surface area contributed by atoms with E-state index in [1.807, 2.05) is 67.6 Å². The zero-order valence-electron chi connectivity index (χ0n) is 13.1. The zero-order valence-corrected chi connectivity index (χ0v) is 13.9. The van der Waals surface area contributed by atoms with Gasteiger partial charge in [0.1, 0.15) is 5.82 Å². The summed E-state index contributed by atoms with van der Waals surface area (Å²) in [5.74, 6) is 0.549. The first-order chi connectivity index (χ1) is 11.7. The number of aromatic nitrogens is 1. The SMILES string of the molecule is Cc1cccc(NC(=O)N2c3ccccc3Sc3ccccc32)n1. The molecule has 1 N–H and O–H groups in total. The number of nitrogens with one attached hydrogen (secondary N) is 1. The number of amides is 2. The van der Waals surface area contributed by atoms with Gasteiger partial charge in [-0.2, -0.15) is 0 Å². The van der Waals surface area contributed by atoms with Gasteiger partial charge in [0, 0.05) is 15.5 Å². The van der Waals surface area contributed by atoms with Gasteiger partial charge >= 0.3 is 6.03 Å².